The molecule has 1 atom stereocenters. The normalized spacial score (nSPS) is 11.8. The van der Waals surface area contributed by atoms with Gasteiger partial charge in [0.1, 0.15) is 0 Å². The fourth-order valence-corrected chi connectivity index (χ4v) is 1.70. The molecule has 0 spiro atoms. The van der Waals surface area contributed by atoms with Gasteiger partial charge >= 0.3 is 0 Å². The minimum Gasteiger partial charge on any atom is -0.477 e. The average Bonchev–Trinajstić information content (AvgIpc) is 2.45. The van der Waals surface area contributed by atoms with E-state index >= 15 is 0 Å². The van der Waals surface area contributed by atoms with Crippen molar-refractivity contribution in [3.05, 3.63) is 29.6 Å². The van der Waals surface area contributed by atoms with Crippen molar-refractivity contribution in [1.82, 2.24) is 5.32 Å². The van der Waals surface area contributed by atoms with E-state index in [1.165, 1.54) is 25.1 Å². The molecule has 1 amide bonds. The van der Waals surface area contributed by atoms with Gasteiger partial charge in [0.15, 0.2) is 24.0 Å². The first kappa shape index (κ1) is 16.1. The van der Waals surface area contributed by atoms with Crippen molar-refractivity contribution >= 4 is 12.2 Å². The van der Waals surface area contributed by atoms with Gasteiger partial charge in [-0.25, -0.2) is 4.39 Å². The number of unbranched alkanes of at least 4 members (excludes halogenated alkanes) is 2. The van der Waals surface area contributed by atoms with Gasteiger partial charge in [0.05, 0.1) is 5.56 Å². The van der Waals surface area contributed by atoms with Crippen LogP contribution in [0.1, 0.15) is 43.5 Å². The molecule has 0 fully saturated rings. The van der Waals surface area contributed by atoms with E-state index in [1.807, 2.05) is 0 Å². The molecule has 0 aliphatic heterocycles. The highest BCUT2D eigenvalue weighted by Crippen LogP contribution is 2.22. The number of nitrogens with one attached hydrogen (secondary N) is 1. The van der Waals surface area contributed by atoms with Crippen LogP contribution in [0.25, 0.3) is 0 Å². The first-order valence-corrected chi connectivity index (χ1v) is 6.78. The predicted octanol–water partition coefficient (Wildman–Crippen LogP) is 2.71. The summed E-state index contributed by atoms with van der Waals surface area (Å²) in [4.78, 5) is 22.6. The van der Waals surface area contributed by atoms with Gasteiger partial charge in [-0.2, -0.15) is 0 Å². The summed E-state index contributed by atoms with van der Waals surface area (Å²) in [5.41, 5.74) is 0.0932. The molecule has 0 heterocycles. The fraction of sp³-hybridized carbons (Fsp3) is 0.467. The largest absolute Gasteiger partial charge is 0.477 e. The maximum atomic E-state index is 13.6. The van der Waals surface area contributed by atoms with Crippen LogP contribution in [0, 0.1) is 5.82 Å². The van der Waals surface area contributed by atoms with E-state index in [-0.39, 0.29) is 17.2 Å². The number of carbonyl (C=O) groups is 2. The molecule has 0 bridgehead atoms. The number of halogens is 1. The molecule has 110 valence electrons. The van der Waals surface area contributed by atoms with Crippen LogP contribution in [-0.2, 0) is 4.79 Å². The Bertz CT molecular complexity index is 462. The number of carbonyl (C=O) groups excluding carboxylic acids is 2. The molecule has 1 unspecified atom stereocenters. The molecule has 0 saturated heterocycles. The zero-order valence-corrected chi connectivity index (χ0v) is 11.8. The summed E-state index contributed by atoms with van der Waals surface area (Å²) in [6.07, 6.45) is 2.66. The topological polar surface area (TPSA) is 55.4 Å². The molecule has 0 saturated carbocycles. The van der Waals surface area contributed by atoms with Crippen molar-refractivity contribution in [3.8, 4) is 5.75 Å². The molecule has 4 nitrogen and oxygen atoms in total. The number of amides is 1. The van der Waals surface area contributed by atoms with Gasteiger partial charge < -0.3 is 10.1 Å². The van der Waals surface area contributed by atoms with E-state index in [4.69, 9.17) is 4.74 Å². The molecule has 0 aliphatic carbocycles. The van der Waals surface area contributed by atoms with E-state index < -0.39 is 11.9 Å². The molecule has 0 radical (unpaired) electrons. The summed E-state index contributed by atoms with van der Waals surface area (Å²) in [5.74, 6) is -1.15. The Morgan fingerprint density at radius 1 is 1.45 bits per heavy atom. The number of para-hydroxylation sites is 1. The number of hydrogen-bond acceptors (Lipinski definition) is 3. The van der Waals surface area contributed by atoms with Crippen LogP contribution in [0.15, 0.2) is 18.2 Å². The summed E-state index contributed by atoms with van der Waals surface area (Å²) >= 11 is 0. The van der Waals surface area contributed by atoms with Gasteiger partial charge in [-0.05, 0) is 25.5 Å². The van der Waals surface area contributed by atoms with Crippen molar-refractivity contribution in [2.75, 3.05) is 6.54 Å². The van der Waals surface area contributed by atoms with Crippen LogP contribution in [-0.4, -0.2) is 24.8 Å². The molecule has 1 aromatic carbocycles. The Hall–Kier alpha value is -1.91. The molecule has 0 aliphatic rings. The smallest absolute Gasteiger partial charge is 0.260 e. The minimum atomic E-state index is -0.854. The highest BCUT2D eigenvalue weighted by Gasteiger charge is 2.18. The first-order valence-electron chi connectivity index (χ1n) is 6.78. The second-order valence-corrected chi connectivity index (χ2v) is 4.53. The third kappa shape index (κ3) is 4.64. The summed E-state index contributed by atoms with van der Waals surface area (Å²) < 4.78 is 18.9. The van der Waals surface area contributed by atoms with Crippen molar-refractivity contribution in [2.24, 2.45) is 0 Å². The lowest BCUT2D eigenvalue weighted by Crippen LogP contribution is -2.37. The Balaban J connectivity index is 2.59. The molecular weight excluding hydrogens is 261 g/mol. The van der Waals surface area contributed by atoms with Gasteiger partial charge in [0, 0.05) is 6.54 Å². The minimum absolute atomic E-state index is 0.0932. The Morgan fingerprint density at radius 3 is 2.85 bits per heavy atom. The summed E-state index contributed by atoms with van der Waals surface area (Å²) in [6.45, 7) is 4.17. The van der Waals surface area contributed by atoms with E-state index in [0.29, 0.717) is 12.8 Å². The highest BCUT2D eigenvalue weighted by molar-refractivity contribution is 5.82. The van der Waals surface area contributed by atoms with Gasteiger partial charge in [-0.3, -0.25) is 9.59 Å². The zero-order valence-electron chi connectivity index (χ0n) is 11.8. The number of rotatable bonds is 8. The fourth-order valence-electron chi connectivity index (χ4n) is 1.70. The molecule has 1 rings (SSSR count). The van der Waals surface area contributed by atoms with Crippen molar-refractivity contribution < 1.29 is 18.7 Å². The van der Waals surface area contributed by atoms with Crippen molar-refractivity contribution in [2.45, 2.75) is 39.2 Å². The number of benzene rings is 1. The summed E-state index contributed by atoms with van der Waals surface area (Å²) in [5, 5.41) is 2.72. The molecule has 1 aromatic rings. The van der Waals surface area contributed by atoms with Crippen LogP contribution in [0.4, 0.5) is 4.39 Å². The van der Waals surface area contributed by atoms with Crippen LogP contribution in [0.3, 0.4) is 0 Å². The van der Waals surface area contributed by atoms with Crippen LogP contribution < -0.4 is 10.1 Å². The lowest BCUT2D eigenvalue weighted by Gasteiger charge is -2.16. The molecular formula is C15H20FNO3. The van der Waals surface area contributed by atoms with Gasteiger partial charge in [0.2, 0.25) is 0 Å². The van der Waals surface area contributed by atoms with Crippen molar-refractivity contribution in [1.29, 1.82) is 0 Å². The summed E-state index contributed by atoms with van der Waals surface area (Å²) in [6, 6.07) is 4.05. The third-order valence-electron chi connectivity index (χ3n) is 2.87. The van der Waals surface area contributed by atoms with Gasteiger partial charge in [-0.1, -0.05) is 25.8 Å². The zero-order chi connectivity index (χ0) is 15.0. The third-order valence-corrected chi connectivity index (χ3v) is 2.87. The second-order valence-electron chi connectivity index (χ2n) is 4.53. The first-order chi connectivity index (χ1) is 9.60. The van der Waals surface area contributed by atoms with Crippen LogP contribution in [0.2, 0.25) is 0 Å². The Morgan fingerprint density at radius 2 is 2.20 bits per heavy atom. The number of ether oxygens (including phenoxy) is 1. The lowest BCUT2D eigenvalue weighted by molar-refractivity contribution is -0.127. The molecule has 20 heavy (non-hydrogen) atoms. The molecule has 5 heteroatoms. The van der Waals surface area contributed by atoms with Gasteiger partial charge in [-0.15, -0.1) is 0 Å². The number of hydrogen-bond donors (Lipinski definition) is 1. The van der Waals surface area contributed by atoms with E-state index in [0.717, 1.165) is 19.3 Å². The maximum absolute atomic E-state index is 13.6. The second kappa shape index (κ2) is 8.30. The quantitative estimate of drug-likeness (QED) is 0.589. The van der Waals surface area contributed by atoms with Crippen LogP contribution in [0.5, 0.6) is 5.75 Å². The summed E-state index contributed by atoms with van der Waals surface area (Å²) in [7, 11) is 0. The van der Waals surface area contributed by atoms with Crippen molar-refractivity contribution in [3.63, 3.8) is 0 Å². The Kier molecular flexibility index (Phi) is 6.70. The van der Waals surface area contributed by atoms with E-state index in [2.05, 4.69) is 12.2 Å². The number of aldehydes is 1. The monoisotopic (exact) mass is 281 g/mol. The molecule has 0 aromatic heterocycles. The lowest BCUT2D eigenvalue weighted by atomic mass is 10.2. The van der Waals surface area contributed by atoms with Crippen LogP contribution >= 0.6 is 0 Å². The standard InChI is InChI=1S/C15H20FNO3/c1-3-4-5-9-17-15(19)11(2)20-14-12(10-18)7-6-8-13(14)16/h6-8,10-11H,3-5,9H2,1-2H3,(H,17,19). The maximum Gasteiger partial charge on any atom is 0.260 e. The predicted molar refractivity (Wildman–Crippen MR) is 74.4 cm³/mol. The average molecular weight is 281 g/mol. The SMILES string of the molecule is CCCCCNC(=O)C(C)Oc1c(F)cccc1C=O. The molecule has 1 N–H and O–H groups in total. The van der Waals surface area contributed by atoms with E-state index in [9.17, 15) is 14.0 Å². The van der Waals surface area contributed by atoms with E-state index in [1.54, 1.807) is 0 Å². The highest BCUT2D eigenvalue weighted by atomic mass is 19.1. The Labute approximate surface area is 118 Å². The van der Waals surface area contributed by atoms with Gasteiger partial charge in [0.25, 0.3) is 5.91 Å².